The predicted octanol–water partition coefficient (Wildman–Crippen LogP) is 5.76. The molecule has 5 nitrogen and oxygen atoms in total. The molecule has 1 aliphatic carbocycles. The molecular formula is C26H23F3N2O3. The first-order valence-corrected chi connectivity index (χ1v) is 10.7. The molecule has 1 unspecified atom stereocenters. The Morgan fingerprint density at radius 1 is 0.971 bits per heavy atom. The Morgan fingerprint density at radius 2 is 1.68 bits per heavy atom. The number of aryl methyl sites for hydroxylation is 1. The van der Waals surface area contributed by atoms with Crippen LogP contribution in [0, 0.1) is 6.92 Å². The minimum atomic E-state index is -4.43. The highest BCUT2D eigenvalue weighted by molar-refractivity contribution is 6.09. The summed E-state index contributed by atoms with van der Waals surface area (Å²) in [6.45, 7) is 1.81. The van der Waals surface area contributed by atoms with Gasteiger partial charge in [0.05, 0.1) is 5.56 Å². The summed E-state index contributed by atoms with van der Waals surface area (Å²) in [6, 6.07) is 15.5. The van der Waals surface area contributed by atoms with Crippen LogP contribution in [0.1, 0.15) is 32.6 Å². The molecule has 2 N–H and O–H groups in total. The van der Waals surface area contributed by atoms with Gasteiger partial charge in [-0.05, 0) is 65.1 Å². The maximum Gasteiger partial charge on any atom is 0.416 e. The summed E-state index contributed by atoms with van der Waals surface area (Å²) in [5, 5.41) is 5.32. The molecule has 8 heteroatoms. The van der Waals surface area contributed by atoms with Crippen molar-refractivity contribution in [2.75, 3.05) is 12.4 Å². The van der Waals surface area contributed by atoms with E-state index in [4.69, 9.17) is 4.74 Å². The maximum atomic E-state index is 13.2. The second-order valence-electron chi connectivity index (χ2n) is 8.20. The molecule has 34 heavy (non-hydrogen) atoms. The van der Waals surface area contributed by atoms with Crippen LogP contribution in [0.2, 0.25) is 0 Å². The number of hydrogen-bond donors (Lipinski definition) is 2. The lowest BCUT2D eigenvalue weighted by Crippen LogP contribution is -2.26. The minimum Gasteiger partial charge on any atom is -0.446 e. The first kappa shape index (κ1) is 23.4. The van der Waals surface area contributed by atoms with Crippen LogP contribution in [0.15, 0.2) is 60.7 Å². The van der Waals surface area contributed by atoms with Crippen molar-refractivity contribution in [3.8, 4) is 11.1 Å². The van der Waals surface area contributed by atoms with E-state index in [1.807, 2.05) is 25.1 Å². The van der Waals surface area contributed by atoms with Crippen molar-refractivity contribution in [3.63, 3.8) is 0 Å². The first-order valence-electron chi connectivity index (χ1n) is 10.7. The van der Waals surface area contributed by atoms with E-state index in [0.29, 0.717) is 35.2 Å². The highest BCUT2D eigenvalue weighted by Crippen LogP contribution is 2.34. The van der Waals surface area contributed by atoms with Gasteiger partial charge in [0, 0.05) is 31.1 Å². The van der Waals surface area contributed by atoms with Crippen LogP contribution in [0.5, 0.6) is 0 Å². The number of rotatable bonds is 4. The van der Waals surface area contributed by atoms with Crippen molar-refractivity contribution >= 4 is 17.7 Å². The molecule has 0 spiro atoms. The summed E-state index contributed by atoms with van der Waals surface area (Å²) in [6.07, 6.45) is -4.02. The fourth-order valence-electron chi connectivity index (χ4n) is 4.21. The van der Waals surface area contributed by atoms with E-state index in [2.05, 4.69) is 10.6 Å². The first-order chi connectivity index (χ1) is 16.2. The van der Waals surface area contributed by atoms with E-state index in [1.54, 1.807) is 18.2 Å². The average molecular weight is 468 g/mol. The van der Waals surface area contributed by atoms with Gasteiger partial charge in [0.2, 0.25) is 0 Å². The van der Waals surface area contributed by atoms with Crippen LogP contribution in [-0.2, 0) is 23.8 Å². The van der Waals surface area contributed by atoms with Gasteiger partial charge in [0.1, 0.15) is 6.10 Å². The number of amides is 2. The van der Waals surface area contributed by atoms with E-state index in [9.17, 15) is 22.8 Å². The number of carbonyl (C=O) groups excluding carboxylic acids is 2. The lowest BCUT2D eigenvalue weighted by atomic mass is 9.93. The molecule has 3 aromatic carbocycles. The van der Waals surface area contributed by atoms with Crippen LogP contribution < -0.4 is 10.6 Å². The number of alkyl carbamates (subject to hydrolysis) is 1. The normalized spacial score (nSPS) is 14.9. The summed E-state index contributed by atoms with van der Waals surface area (Å²) in [7, 11) is 1.50. The van der Waals surface area contributed by atoms with Gasteiger partial charge in [0.25, 0.3) is 5.91 Å². The van der Waals surface area contributed by atoms with E-state index in [1.165, 1.54) is 19.2 Å². The van der Waals surface area contributed by atoms with E-state index >= 15 is 0 Å². The zero-order valence-electron chi connectivity index (χ0n) is 18.6. The van der Waals surface area contributed by atoms with Crippen LogP contribution in [-0.4, -0.2) is 25.2 Å². The van der Waals surface area contributed by atoms with Gasteiger partial charge >= 0.3 is 12.3 Å². The molecule has 0 heterocycles. The van der Waals surface area contributed by atoms with Crippen molar-refractivity contribution in [2.24, 2.45) is 0 Å². The molecule has 0 aromatic heterocycles. The number of fused-ring (bicyclic) bond motifs is 1. The minimum absolute atomic E-state index is 0.260. The van der Waals surface area contributed by atoms with Crippen molar-refractivity contribution in [3.05, 3.63) is 88.5 Å². The second-order valence-corrected chi connectivity index (χ2v) is 8.20. The second kappa shape index (κ2) is 9.21. The Bertz CT molecular complexity index is 1240. The number of hydrogen-bond acceptors (Lipinski definition) is 3. The summed E-state index contributed by atoms with van der Waals surface area (Å²) in [4.78, 5) is 24.7. The SMILES string of the molecule is CNC(=O)OC1Cc2ccc(NC(=O)c3cccc(C)c3-c3ccc(C(F)(F)F)cc3)cc2C1. The van der Waals surface area contributed by atoms with Gasteiger partial charge in [-0.2, -0.15) is 13.2 Å². The van der Waals surface area contributed by atoms with E-state index < -0.39 is 17.8 Å². The lowest BCUT2D eigenvalue weighted by Gasteiger charge is -2.15. The number of nitrogens with one attached hydrogen (secondary N) is 2. The van der Waals surface area contributed by atoms with Gasteiger partial charge in [-0.3, -0.25) is 4.79 Å². The zero-order valence-corrected chi connectivity index (χ0v) is 18.6. The highest BCUT2D eigenvalue weighted by Gasteiger charge is 2.30. The van der Waals surface area contributed by atoms with Crippen LogP contribution in [0.4, 0.5) is 23.7 Å². The fourth-order valence-corrected chi connectivity index (χ4v) is 4.21. The van der Waals surface area contributed by atoms with Gasteiger partial charge in [0.15, 0.2) is 0 Å². The smallest absolute Gasteiger partial charge is 0.416 e. The number of ether oxygens (including phenoxy) is 1. The molecule has 1 atom stereocenters. The van der Waals surface area contributed by atoms with Crippen molar-refractivity contribution < 1.29 is 27.5 Å². The third-order valence-corrected chi connectivity index (χ3v) is 5.86. The molecule has 0 fully saturated rings. The summed E-state index contributed by atoms with van der Waals surface area (Å²) < 4.78 is 44.2. The number of anilines is 1. The number of halogens is 3. The van der Waals surface area contributed by atoms with E-state index in [0.717, 1.165) is 28.8 Å². The molecule has 1 aliphatic rings. The highest BCUT2D eigenvalue weighted by atomic mass is 19.4. The monoisotopic (exact) mass is 468 g/mol. The molecule has 0 saturated carbocycles. The van der Waals surface area contributed by atoms with Gasteiger partial charge < -0.3 is 15.4 Å². The van der Waals surface area contributed by atoms with Gasteiger partial charge in [-0.25, -0.2) is 4.79 Å². The Balaban J connectivity index is 1.56. The predicted molar refractivity (Wildman–Crippen MR) is 123 cm³/mol. The van der Waals surface area contributed by atoms with Crippen molar-refractivity contribution in [2.45, 2.75) is 32.0 Å². The molecule has 3 aromatic rings. The summed E-state index contributed by atoms with van der Waals surface area (Å²) >= 11 is 0. The average Bonchev–Trinajstić information content (AvgIpc) is 3.19. The number of alkyl halides is 3. The third kappa shape index (κ3) is 4.90. The lowest BCUT2D eigenvalue weighted by molar-refractivity contribution is -0.137. The molecule has 0 aliphatic heterocycles. The number of benzene rings is 3. The van der Waals surface area contributed by atoms with Crippen LogP contribution in [0.3, 0.4) is 0 Å². The van der Waals surface area contributed by atoms with Crippen molar-refractivity contribution in [1.82, 2.24) is 5.32 Å². The molecule has 0 bridgehead atoms. The van der Waals surface area contributed by atoms with Crippen LogP contribution in [0.25, 0.3) is 11.1 Å². The standard InChI is InChI=1S/C26H23F3N2O3/c1-15-4-3-5-22(23(15)16-6-9-19(10-7-16)26(27,28)29)24(32)31-20-11-8-17-13-21(14-18(17)12-20)34-25(33)30-2/h3-12,21H,13-14H2,1-2H3,(H,30,33)(H,31,32). The Kier molecular flexibility index (Phi) is 6.32. The molecule has 176 valence electrons. The Labute approximate surface area is 194 Å². The van der Waals surface area contributed by atoms with Crippen molar-refractivity contribution in [1.29, 1.82) is 0 Å². The summed E-state index contributed by atoms with van der Waals surface area (Å²) in [5.41, 5.74) is 4.12. The topological polar surface area (TPSA) is 67.4 Å². The molecule has 2 amide bonds. The fraction of sp³-hybridized carbons (Fsp3) is 0.231. The molecule has 0 saturated heterocycles. The third-order valence-electron chi connectivity index (χ3n) is 5.86. The Morgan fingerprint density at radius 3 is 2.35 bits per heavy atom. The van der Waals surface area contributed by atoms with Gasteiger partial charge in [-0.1, -0.05) is 30.3 Å². The van der Waals surface area contributed by atoms with Gasteiger partial charge in [-0.15, -0.1) is 0 Å². The zero-order chi connectivity index (χ0) is 24.5. The quantitative estimate of drug-likeness (QED) is 0.512. The summed E-state index contributed by atoms with van der Waals surface area (Å²) in [5.74, 6) is -0.366. The van der Waals surface area contributed by atoms with Crippen LogP contribution >= 0.6 is 0 Å². The number of carbonyl (C=O) groups is 2. The molecular weight excluding hydrogens is 445 g/mol. The molecule has 0 radical (unpaired) electrons. The Hall–Kier alpha value is -3.81. The molecule has 4 rings (SSSR count). The maximum absolute atomic E-state index is 13.2. The van der Waals surface area contributed by atoms with E-state index in [-0.39, 0.29) is 12.0 Å². The largest absolute Gasteiger partial charge is 0.446 e.